The number of ether oxygens (including phenoxy) is 1. The van der Waals surface area contributed by atoms with Crippen molar-refractivity contribution in [2.45, 2.75) is 102 Å². The zero-order valence-electron chi connectivity index (χ0n) is 33.4. The standard InChI is InChI=1S/C40H55N7O8S2/c1-27(2)36(47-20-19-44(38(47)50)23-31-26-56-28(3)42-31)37(49)43-34(21-29-11-8-7-9-12-29)35(48)25-45(57(53,54)33-16-14-30(15-17-33)22-41-52)24-32-13-10-18-46(32)39(51)55-40(4,5)6/h7-9,11-12,14-17,22,26-27,32,34-36,48,52H,10,13,18-21,23-25H2,1-6H3,(H,43,49)/b41-22-/t32?,34-,35+,36-/m0/s1. The summed E-state index contributed by atoms with van der Waals surface area (Å²) in [4.78, 5) is 50.5. The van der Waals surface area contributed by atoms with Gasteiger partial charge in [0.15, 0.2) is 0 Å². The first kappa shape index (κ1) is 43.5. The topological polar surface area (TPSA) is 185 Å². The Kier molecular flexibility index (Phi) is 14.3. The summed E-state index contributed by atoms with van der Waals surface area (Å²) in [5, 5.41) is 29.9. The van der Waals surface area contributed by atoms with Crippen molar-refractivity contribution in [2.24, 2.45) is 11.1 Å². The maximum atomic E-state index is 14.5. The minimum Gasteiger partial charge on any atom is -0.444 e. The van der Waals surface area contributed by atoms with Crippen LogP contribution in [-0.4, -0.2) is 130 Å². The van der Waals surface area contributed by atoms with Gasteiger partial charge in [0, 0.05) is 44.1 Å². The van der Waals surface area contributed by atoms with E-state index in [9.17, 15) is 27.9 Å². The van der Waals surface area contributed by atoms with Crippen molar-refractivity contribution in [2.75, 3.05) is 32.7 Å². The number of sulfonamides is 1. The summed E-state index contributed by atoms with van der Waals surface area (Å²) in [6.07, 6.45) is 0.503. The van der Waals surface area contributed by atoms with Gasteiger partial charge >= 0.3 is 12.1 Å². The van der Waals surface area contributed by atoms with Gasteiger partial charge in [0.2, 0.25) is 15.9 Å². The Hall–Kier alpha value is -4.58. The lowest BCUT2D eigenvalue weighted by atomic mass is 9.97. The van der Waals surface area contributed by atoms with Crippen molar-refractivity contribution in [3.05, 3.63) is 81.8 Å². The Morgan fingerprint density at radius 1 is 1.11 bits per heavy atom. The lowest BCUT2D eigenvalue weighted by Gasteiger charge is -2.35. The van der Waals surface area contributed by atoms with Crippen LogP contribution in [-0.2, 0) is 32.5 Å². The second-order valence-corrected chi connectivity index (χ2v) is 18.9. The number of hydrogen-bond donors (Lipinski definition) is 3. The second kappa shape index (κ2) is 18.8. The SMILES string of the molecule is Cc1nc(CN2CCN([C@H](C(=O)N[C@@H](Cc3ccccc3)[C@H](O)CN(CC3CCCN3C(=O)OC(C)(C)C)S(=O)(=O)c3ccc(/C=N\O)cc3)C(C)C)C2=O)cs1. The van der Waals surface area contributed by atoms with E-state index in [-0.39, 0.29) is 29.8 Å². The summed E-state index contributed by atoms with van der Waals surface area (Å²) in [5.74, 6) is -0.756. The van der Waals surface area contributed by atoms with Crippen LogP contribution in [0.15, 0.2) is 70.0 Å². The maximum absolute atomic E-state index is 14.5. The summed E-state index contributed by atoms with van der Waals surface area (Å²) in [6.45, 7) is 11.8. The largest absolute Gasteiger partial charge is 0.444 e. The normalized spacial score (nSPS) is 18.2. The summed E-state index contributed by atoms with van der Waals surface area (Å²) in [7, 11) is -4.30. The van der Waals surface area contributed by atoms with Gasteiger partial charge in [0.25, 0.3) is 0 Å². The van der Waals surface area contributed by atoms with Crippen molar-refractivity contribution < 1.29 is 37.9 Å². The number of rotatable bonds is 16. The van der Waals surface area contributed by atoms with Crippen molar-refractivity contribution in [1.29, 1.82) is 0 Å². The van der Waals surface area contributed by atoms with E-state index in [1.54, 1.807) is 30.6 Å². The third-order valence-corrected chi connectivity index (χ3v) is 12.7. The minimum absolute atomic E-state index is 0.0694. The Balaban J connectivity index is 1.43. The fraction of sp³-hybridized carbons (Fsp3) is 0.525. The van der Waals surface area contributed by atoms with Crippen LogP contribution in [0.5, 0.6) is 0 Å². The molecule has 2 saturated heterocycles. The Morgan fingerprint density at radius 3 is 2.42 bits per heavy atom. The number of aromatic nitrogens is 1. The first-order chi connectivity index (χ1) is 27.0. The molecule has 1 aromatic heterocycles. The predicted molar refractivity (Wildman–Crippen MR) is 217 cm³/mol. The minimum atomic E-state index is -4.30. The summed E-state index contributed by atoms with van der Waals surface area (Å²) in [6, 6.07) is 12.3. The van der Waals surface area contributed by atoms with Crippen LogP contribution in [0.25, 0.3) is 0 Å². The molecule has 4 amide bonds. The Labute approximate surface area is 339 Å². The van der Waals surface area contributed by atoms with Gasteiger partial charge in [-0.3, -0.25) is 4.79 Å². The number of amides is 4. The Morgan fingerprint density at radius 2 is 1.81 bits per heavy atom. The van der Waals surface area contributed by atoms with Gasteiger partial charge in [-0.05, 0) is 76.1 Å². The fourth-order valence-corrected chi connectivity index (χ4v) is 9.38. The monoisotopic (exact) mass is 825 g/mol. The number of urea groups is 1. The molecule has 3 heterocycles. The number of nitrogens with zero attached hydrogens (tertiary/aromatic N) is 6. The number of likely N-dealkylation sites (tertiary alicyclic amines) is 1. The van der Waals surface area contributed by atoms with Crippen molar-refractivity contribution in [3.8, 4) is 0 Å². The highest BCUT2D eigenvalue weighted by atomic mass is 32.2. The average Bonchev–Trinajstić information content (AvgIpc) is 3.88. The molecule has 57 heavy (non-hydrogen) atoms. The summed E-state index contributed by atoms with van der Waals surface area (Å²) >= 11 is 1.51. The molecule has 1 unspecified atom stereocenters. The molecular weight excluding hydrogens is 771 g/mol. The number of nitrogens with one attached hydrogen (secondary N) is 1. The van der Waals surface area contributed by atoms with Crippen LogP contribution < -0.4 is 5.32 Å². The van der Waals surface area contributed by atoms with E-state index in [4.69, 9.17) is 9.94 Å². The summed E-state index contributed by atoms with van der Waals surface area (Å²) in [5.41, 5.74) is 1.29. The van der Waals surface area contributed by atoms with E-state index < -0.39 is 58.4 Å². The van der Waals surface area contributed by atoms with E-state index in [1.165, 1.54) is 46.7 Å². The van der Waals surface area contributed by atoms with E-state index in [1.807, 2.05) is 56.5 Å². The highest BCUT2D eigenvalue weighted by Gasteiger charge is 2.42. The quantitative estimate of drug-likeness (QED) is 0.105. The molecule has 5 rings (SSSR count). The van der Waals surface area contributed by atoms with Gasteiger partial charge in [0.1, 0.15) is 11.6 Å². The number of carbonyl (C=O) groups is 3. The smallest absolute Gasteiger partial charge is 0.410 e. The number of thiazole rings is 1. The molecule has 2 aromatic carbocycles. The molecule has 2 aliphatic heterocycles. The molecule has 0 aliphatic carbocycles. The van der Waals surface area contributed by atoms with E-state index in [0.29, 0.717) is 44.6 Å². The molecule has 0 bridgehead atoms. The first-order valence-electron chi connectivity index (χ1n) is 19.2. The molecule has 310 valence electrons. The Bertz CT molecular complexity index is 1970. The highest BCUT2D eigenvalue weighted by molar-refractivity contribution is 7.89. The maximum Gasteiger partial charge on any atom is 0.410 e. The lowest BCUT2D eigenvalue weighted by Crippen LogP contribution is -2.58. The van der Waals surface area contributed by atoms with Crippen molar-refractivity contribution in [3.63, 3.8) is 0 Å². The molecule has 4 atom stereocenters. The van der Waals surface area contributed by atoms with Gasteiger partial charge in [0.05, 0.1) is 40.5 Å². The lowest BCUT2D eigenvalue weighted by molar-refractivity contribution is -0.128. The molecule has 2 aliphatic rings. The second-order valence-electron chi connectivity index (χ2n) is 15.9. The van der Waals surface area contributed by atoms with E-state index in [0.717, 1.165) is 20.6 Å². The van der Waals surface area contributed by atoms with Crippen molar-refractivity contribution >= 4 is 45.6 Å². The molecule has 3 aromatic rings. The van der Waals surface area contributed by atoms with Gasteiger partial charge in [-0.1, -0.05) is 61.5 Å². The molecule has 2 fully saturated rings. The van der Waals surface area contributed by atoms with Gasteiger partial charge in [-0.25, -0.2) is 23.0 Å². The van der Waals surface area contributed by atoms with Crippen LogP contribution in [0.1, 0.15) is 69.3 Å². The zero-order valence-corrected chi connectivity index (χ0v) is 35.1. The number of aliphatic hydroxyl groups excluding tert-OH is 1. The van der Waals surface area contributed by atoms with Crippen LogP contribution in [0, 0.1) is 12.8 Å². The van der Waals surface area contributed by atoms with Crippen molar-refractivity contribution in [1.82, 2.24) is 29.3 Å². The molecule has 0 spiro atoms. The third-order valence-electron chi connectivity index (χ3n) is 10.0. The van der Waals surface area contributed by atoms with Crippen LogP contribution in [0.3, 0.4) is 0 Å². The molecular formula is C40H55N7O8S2. The molecule has 17 heteroatoms. The van der Waals surface area contributed by atoms with Crippen LogP contribution >= 0.6 is 11.3 Å². The average molecular weight is 826 g/mol. The van der Waals surface area contributed by atoms with Gasteiger partial charge < -0.3 is 35.1 Å². The number of benzene rings is 2. The number of oxime groups is 1. The number of aliphatic hydroxyl groups is 1. The van der Waals surface area contributed by atoms with Gasteiger partial charge in [-0.2, -0.15) is 4.31 Å². The van der Waals surface area contributed by atoms with E-state index >= 15 is 0 Å². The highest BCUT2D eigenvalue weighted by Crippen LogP contribution is 2.27. The van der Waals surface area contributed by atoms with Gasteiger partial charge in [-0.15, -0.1) is 11.3 Å². The molecule has 0 radical (unpaired) electrons. The molecule has 0 saturated carbocycles. The predicted octanol–water partition coefficient (Wildman–Crippen LogP) is 4.70. The van der Waals surface area contributed by atoms with Crippen LogP contribution in [0.4, 0.5) is 9.59 Å². The van der Waals surface area contributed by atoms with E-state index in [2.05, 4.69) is 15.5 Å². The number of aryl methyl sites for hydroxylation is 1. The molecule has 3 N–H and O–H groups in total. The third kappa shape index (κ3) is 11.3. The summed E-state index contributed by atoms with van der Waals surface area (Å²) < 4.78 is 35.7. The number of hydrogen-bond acceptors (Lipinski definition) is 11. The zero-order chi connectivity index (χ0) is 41.5. The first-order valence-corrected chi connectivity index (χ1v) is 21.5. The van der Waals surface area contributed by atoms with Crippen LogP contribution in [0.2, 0.25) is 0 Å². The fourth-order valence-electron chi connectivity index (χ4n) is 7.28. The number of carbonyl (C=O) groups excluding carboxylic acids is 3. The molecule has 15 nitrogen and oxygen atoms in total.